The summed E-state index contributed by atoms with van der Waals surface area (Å²) in [6.07, 6.45) is 0. The fourth-order valence-corrected chi connectivity index (χ4v) is 4.14. The Kier molecular flexibility index (Phi) is 7.58. The summed E-state index contributed by atoms with van der Waals surface area (Å²) < 4.78 is 0. The van der Waals surface area contributed by atoms with Crippen LogP contribution in [0, 0.1) is 0 Å². The van der Waals surface area contributed by atoms with E-state index in [0.29, 0.717) is 12.4 Å². The van der Waals surface area contributed by atoms with Gasteiger partial charge in [0.15, 0.2) is 0 Å². The van der Waals surface area contributed by atoms with E-state index in [4.69, 9.17) is 5.73 Å². The summed E-state index contributed by atoms with van der Waals surface area (Å²) in [4.78, 5) is 4.58. The summed E-state index contributed by atoms with van der Waals surface area (Å²) >= 11 is 0. The van der Waals surface area contributed by atoms with Gasteiger partial charge in [0.1, 0.15) is 5.84 Å². The highest BCUT2D eigenvalue weighted by Crippen LogP contribution is 2.26. The lowest BCUT2D eigenvalue weighted by Crippen LogP contribution is -2.13. The molecule has 0 aliphatic heterocycles. The quantitative estimate of drug-likeness (QED) is 0.150. The number of rotatable bonds is 9. The molecule has 4 N–H and O–H groups in total. The summed E-state index contributed by atoms with van der Waals surface area (Å²) in [7, 11) is 0. The van der Waals surface area contributed by atoms with E-state index in [9.17, 15) is 0 Å². The Hall–Kier alpha value is -4.83. The van der Waals surface area contributed by atoms with Crippen LogP contribution in [0.25, 0.3) is 11.1 Å². The zero-order chi connectivity index (χ0) is 25.3. The van der Waals surface area contributed by atoms with Crippen LogP contribution >= 0.6 is 0 Å². The number of nitrogens with one attached hydrogen (secondary N) is 2. The fourth-order valence-electron chi connectivity index (χ4n) is 4.14. The van der Waals surface area contributed by atoms with Crippen LogP contribution in [-0.2, 0) is 13.1 Å². The number of benzene rings is 5. The summed E-state index contributed by atoms with van der Waals surface area (Å²) in [5.41, 5.74) is 15.0. The first-order chi connectivity index (χ1) is 18.2. The number of hydrogen-bond acceptors (Lipinski definition) is 3. The second-order valence-electron chi connectivity index (χ2n) is 8.85. The Morgan fingerprint density at radius 3 is 2.03 bits per heavy atom. The molecule has 0 aliphatic carbocycles. The molecule has 0 radical (unpaired) electrons. The van der Waals surface area contributed by atoms with E-state index in [0.717, 1.165) is 45.9 Å². The molecule has 5 rings (SSSR count). The van der Waals surface area contributed by atoms with Gasteiger partial charge in [0, 0.05) is 17.8 Å². The zero-order valence-electron chi connectivity index (χ0n) is 20.6. The average molecular weight is 483 g/mol. The maximum atomic E-state index is 6.31. The van der Waals surface area contributed by atoms with Gasteiger partial charge in [0.25, 0.3) is 0 Å². The van der Waals surface area contributed by atoms with Gasteiger partial charge in [-0.1, -0.05) is 103 Å². The smallest absolute Gasteiger partial charge is 0.125 e. The molecule has 5 aromatic rings. The Morgan fingerprint density at radius 1 is 0.595 bits per heavy atom. The van der Waals surface area contributed by atoms with Crippen LogP contribution < -0.4 is 16.4 Å². The van der Waals surface area contributed by atoms with Gasteiger partial charge in [0.05, 0.1) is 17.9 Å². The number of amidine groups is 1. The van der Waals surface area contributed by atoms with Crippen LogP contribution in [0.15, 0.2) is 138 Å². The molecule has 0 atom stereocenters. The van der Waals surface area contributed by atoms with Crippen molar-refractivity contribution in [3.05, 3.63) is 150 Å². The molecule has 37 heavy (non-hydrogen) atoms. The highest BCUT2D eigenvalue weighted by atomic mass is 15.0. The van der Waals surface area contributed by atoms with Crippen molar-refractivity contribution in [3.8, 4) is 11.1 Å². The fraction of sp³-hybridized carbons (Fsp3) is 0.0606. The van der Waals surface area contributed by atoms with Gasteiger partial charge in [-0.15, -0.1) is 0 Å². The van der Waals surface area contributed by atoms with Crippen LogP contribution in [0.1, 0.15) is 16.7 Å². The summed E-state index contributed by atoms with van der Waals surface area (Å²) in [6.45, 7) is 1.30. The van der Waals surface area contributed by atoms with Gasteiger partial charge in [-0.2, -0.15) is 0 Å². The largest absolute Gasteiger partial charge is 0.383 e. The molecular weight excluding hydrogens is 452 g/mol. The minimum Gasteiger partial charge on any atom is -0.383 e. The topological polar surface area (TPSA) is 62.4 Å². The van der Waals surface area contributed by atoms with E-state index < -0.39 is 0 Å². The molecular formula is C33H30N4. The number of para-hydroxylation sites is 3. The Bertz CT molecular complexity index is 1460. The third-order valence-electron chi connectivity index (χ3n) is 6.18. The molecule has 0 saturated heterocycles. The van der Waals surface area contributed by atoms with Crippen molar-refractivity contribution in [3.63, 3.8) is 0 Å². The third-order valence-corrected chi connectivity index (χ3v) is 6.18. The van der Waals surface area contributed by atoms with Crippen molar-refractivity contribution in [1.82, 2.24) is 0 Å². The third kappa shape index (κ3) is 6.44. The molecule has 4 nitrogen and oxygen atoms in total. The first-order valence-electron chi connectivity index (χ1n) is 12.4. The second kappa shape index (κ2) is 11.7. The van der Waals surface area contributed by atoms with Crippen molar-refractivity contribution in [1.29, 1.82) is 0 Å². The summed E-state index contributed by atoms with van der Waals surface area (Å²) in [6, 6.07) is 45.5. The molecule has 0 unspecified atom stereocenters. The highest BCUT2D eigenvalue weighted by Gasteiger charge is 2.05. The predicted octanol–water partition coefficient (Wildman–Crippen LogP) is 7.61. The number of nitrogens with zero attached hydrogens (tertiary/aromatic N) is 1. The van der Waals surface area contributed by atoms with Gasteiger partial charge >= 0.3 is 0 Å². The molecule has 4 heteroatoms. The molecule has 182 valence electrons. The van der Waals surface area contributed by atoms with Crippen molar-refractivity contribution in [2.24, 2.45) is 10.7 Å². The minimum absolute atomic E-state index is 0.550. The first kappa shape index (κ1) is 23.9. The molecule has 0 bridgehead atoms. The Balaban J connectivity index is 1.24. The molecule has 0 spiro atoms. The maximum absolute atomic E-state index is 6.31. The molecule has 0 aromatic heterocycles. The van der Waals surface area contributed by atoms with Crippen LogP contribution in [0.2, 0.25) is 0 Å². The normalized spacial score (nSPS) is 11.2. The minimum atomic E-state index is 0.550. The monoisotopic (exact) mass is 482 g/mol. The summed E-state index contributed by atoms with van der Waals surface area (Å²) in [5, 5.41) is 7.06. The lowest BCUT2D eigenvalue weighted by molar-refractivity contribution is 1.06. The van der Waals surface area contributed by atoms with Crippen molar-refractivity contribution in [2.75, 3.05) is 10.6 Å². The standard InChI is InChI=1S/C33H30N4/c34-33(36-24-25-10-3-1-4-11-25)29-13-9-12-28(22-29)27-20-18-26(19-21-27)23-35-31-16-7-8-17-32(31)37-30-14-5-2-6-15-30/h1-22,35,37H,23-24H2,(H2,34,36). The van der Waals surface area contributed by atoms with Crippen LogP contribution in [-0.4, -0.2) is 5.84 Å². The van der Waals surface area contributed by atoms with Crippen molar-refractivity contribution < 1.29 is 0 Å². The Morgan fingerprint density at radius 2 is 1.27 bits per heavy atom. The van der Waals surface area contributed by atoms with Gasteiger partial charge < -0.3 is 16.4 Å². The molecule has 0 amide bonds. The van der Waals surface area contributed by atoms with Crippen molar-refractivity contribution in [2.45, 2.75) is 13.1 Å². The van der Waals surface area contributed by atoms with E-state index in [1.54, 1.807) is 0 Å². The van der Waals surface area contributed by atoms with E-state index in [1.165, 1.54) is 5.56 Å². The number of aliphatic imine (C=N–C) groups is 1. The van der Waals surface area contributed by atoms with Crippen LogP contribution in [0.4, 0.5) is 17.1 Å². The van der Waals surface area contributed by atoms with Crippen molar-refractivity contribution >= 4 is 22.9 Å². The van der Waals surface area contributed by atoms with Crippen LogP contribution in [0.3, 0.4) is 0 Å². The van der Waals surface area contributed by atoms with E-state index in [1.807, 2.05) is 60.7 Å². The van der Waals surface area contributed by atoms with E-state index in [2.05, 4.69) is 88.4 Å². The molecule has 0 aliphatic rings. The molecule has 0 fully saturated rings. The molecule has 0 saturated carbocycles. The van der Waals surface area contributed by atoms with Crippen LogP contribution in [0.5, 0.6) is 0 Å². The number of nitrogens with two attached hydrogens (primary N) is 1. The van der Waals surface area contributed by atoms with Gasteiger partial charge in [0.2, 0.25) is 0 Å². The van der Waals surface area contributed by atoms with E-state index in [-0.39, 0.29) is 0 Å². The summed E-state index contributed by atoms with van der Waals surface area (Å²) in [5.74, 6) is 0.550. The lowest BCUT2D eigenvalue weighted by atomic mass is 10.0. The lowest BCUT2D eigenvalue weighted by Gasteiger charge is -2.14. The first-order valence-corrected chi connectivity index (χ1v) is 12.4. The average Bonchev–Trinajstić information content (AvgIpc) is 2.97. The molecule has 5 aromatic carbocycles. The van der Waals surface area contributed by atoms with Gasteiger partial charge in [-0.25, -0.2) is 0 Å². The highest BCUT2D eigenvalue weighted by molar-refractivity contribution is 5.98. The Labute approximate surface area is 218 Å². The van der Waals surface area contributed by atoms with Gasteiger partial charge in [-0.3, -0.25) is 4.99 Å². The maximum Gasteiger partial charge on any atom is 0.125 e. The predicted molar refractivity (Wildman–Crippen MR) is 156 cm³/mol. The second-order valence-corrected chi connectivity index (χ2v) is 8.85. The number of anilines is 3. The van der Waals surface area contributed by atoms with Gasteiger partial charge in [-0.05, 0) is 52.6 Å². The number of hydrogen-bond donors (Lipinski definition) is 3. The molecule has 0 heterocycles. The zero-order valence-corrected chi connectivity index (χ0v) is 20.6. The SMILES string of the molecule is NC(=NCc1ccccc1)c1cccc(-c2ccc(CNc3ccccc3Nc3ccccc3)cc2)c1. The van der Waals surface area contributed by atoms with E-state index >= 15 is 0 Å².